The van der Waals surface area contributed by atoms with Gasteiger partial charge in [-0.3, -0.25) is 19.2 Å². The zero-order chi connectivity index (χ0) is 31.5. The van der Waals surface area contributed by atoms with Gasteiger partial charge in [0.25, 0.3) is 0 Å². The van der Waals surface area contributed by atoms with Gasteiger partial charge in [-0.25, -0.2) is 4.98 Å². The van der Waals surface area contributed by atoms with Crippen molar-refractivity contribution in [3.8, 4) is 11.3 Å². The molecule has 10 nitrogen and oxygen atoms in total. The van der Waals surface area contributed by atoms with Gasteiger partial charge in [0, 0.05) is 29.4 Å². The van der Waals surface area contributed by atoms with Crippen LogP contribution in [0.2, 0.25) is 0 Å². The lowest BCUT2D eigenvalue weighted by molar-refractivity contribution is -0.145. The molecule has 2 atom stereocenters. The Balaban J connectivity index is 1.64. The molecule has 3 rings (SSSR count). The van der Waals surface area contributed by atoms with Crippen LogP contribution in [0.15, 0.2) is 48.8 Å². The van der Waals surface area contributed by atoms with Gasteiger partial charge in [-0.05, 0) is 51.7 Å². The number of aromatic nitrogens is 2. The molecule has 0 aliphatic rings. The number of carbonyl (C=O) groups excluding carboxylic acids is 4. The number of fused-ring (bicyclic) bond motifs is 1. The molecule has 0 bridgehead atoms. The Morgan fingerprint density at radius 2 is 1.28 bits per heavy atom. The van der Waals surface area contributed by atoms with E-state index < -0.39 is 36.4 Å². The molecule has 232 valence electrons. The predicted molar refractivity (Wildman–Crippen MR) is 165 cm³/mol. The first-order valence-corrected chi connectivity index (χ1v) is 15.1. The van der Waals surface area contributed by atoms with Crippen LogP contribution in [0.25, 0.3) is 16.8 Å². The van der Waals surface area contributed by atoms with E-state index in [9.17, 15) is 19.2 Å². The van der Waals surface area contributed by atoms with Crippen LogP contribution in [0.5, 0.6) is 0 Å². The van der Waals surface area contributed by atoms with Crippen LogP contribution in [0.4, 0.5) is 0 Å². The second kappa shape index (κ2) is 16.1. The number of nitrogens with zero attached hydrogens (tertiary/aromatic N) is 2. The Hall–Kier alpha value is -3.89. The van der Waals surface area contributed by atoms with E-state index in [4.69, 9.17) is 9.47 Å². The first-order chi connectivity index (χ1) is 20.6. The van der Waals surface area contributed by atoms with Crippen molar-refractivity contribution in [1.82, 2.24) is 20.0 Å². The zero-order valence-electron chi connectivity index (χ0n) is 26.0. The minimum absolute atomic E-state index is 0.198. The number of ketones is 2. The maximum atomic E-state index is 13.0. The summed E-state index contributed by atoms with van der Waals surface area (Å²) in [5, 5.41) is 6.43. The molecule has 0 spiro atoms. The molecule has 0 saturated carbocycles. The van der Waals surface area contributed by atoms with Gasteiger partial charge in [0.2, 0.25) is 5.78 Å². The first-order valence-electron chi connectivity index (χ1n) is 15.1. The summed E-state index contributed by atoms with van der Waals surface area (Å²) in [6.45, 7) is 10.9. The molecule has 0 saturated heterocycles. The number of esters is 2. The zero-order valence-corrected chi connectivity index (χ0v) is 26.0. The first kappa shape index (κ1) is 33.6. The summed E-state index contributed by atoms with van der Waals surface area (Å²) in [4.78, 5) is 54.8. The van der Waals surface area contributed by atoms with E-state index in [0.29, 0.717) is 16.8 Å². The molecule has 0 radical (unpaired) electrons. The number of hydrogen-bond acceptors (Lipinski definition) is 9. The van der Waals surface area contributed by atoms with Crippen LogP contribution < -0.4 is 10.6 Å². The Bertz CT molecular complexity index is 1390. The van der Waals surface area contributed by atoms with E-state index in [-0.39, 0.29) is 30.2 Å². The van der Waals surface area contributed by atoms with Crippen molar-refractivity contribution in [2.45, 2.75) is 91.4 Å². The number of nitrogens with one attached hydrogen (secondary N) is 2. The van der Waals surface area contributed by atoms with Gasteiger partial charge < -0.3 is 24.5 Å². The average Bonchev–Trinajstić information content (AvgIpc) is 3.53. The summed E-state index contributed by atoms with van der Waals surface area (Å²) in [5.74, 6) is -1.66. The molecule has 3 aromatic rings. The predicted octanol–water partition coefficient (Wildman–Crippen LogP) is 4.79. The lowest BCUT2D eigenvalue weighted by atomic mass is 10.1. The lowest BCUT2D eigenvalue weighted by Gasteiger charge is -2.19. The fraction of sp³-hybridized carbons (Fsp3) is 0.485. The van der Waals surface area contributed by atoms with Gasteiger partial charge in [0.1, 0.15) is 17.8 Å². The van der Waals surface area contributed by atoms with Gasteiger partial charge in [0.15, 0.2) is 19.0 Å². The monoisotopic (exact) mass is 592 g/mol. The van der Waals surface area contributed by atoms with Crippen LogP contribution in [0.3, 0.4) is 0 Å². The van der Waals surface area contributed by atoms with Gasteiger partial charge in [-0.1, -0.05) is 52.0 Å². The quantitative estimate of drug-likeness (QED) is 0.168. The number of rotatable bonds is 17. The third-order valence-electron chi connectivity index (χ3n) is 7.67. The van der Waals surface area contributed by atoms with Crippen LogP contribution in [0.1, 0.15) is 88.1 Å². The van der Waals surface area contributed by atoms with Crippen molar-refractivity contribution in [2.24, 2.45) is 0 Å². The molecule has 1 aromatic carbocycles. The summed E-state index contributed by atoms with van der Waals surface area (Å²) in [5.41, 5.74) is 2.67. The SMILES string of the molecule is CCC(CC)NC(C)C(=O)OCC(=O)c1ccc(-c2cnc(C(=O)COC(=O)C(C)NC(CC)CC)c3cccn23)cc1. The third kappa shape index (κ3) is 8.81. The minimum atomic E-state index is -0.525. The molecule has 2 N–H and O–H groups in total. The summed E-state index contributed by atoms with van der Waals surface area (Å²) in [6.07, 6.45) is 6.96. The largest absolute Gasteiger partial charge is 0.456 e. The van der Waals surface area contributed by atoms with Gasteiger partial charge in [-0.15, -0.1) is 0 Å². The molecule has 2 unspecified atom stereocenters. The smallest absolute Gasteiger partial charge is 0.323 e. The van der Waals surface area contributed by atoms with E-state index in [0.717, 1.165) is 31.2 Å². The van der Waals surface area contributed by atoms with Crippen molar-refractivity contribution >= 4 is 29.0 Å². The number of carbonyl (C=O) groups is 4. The molecule has 2 aromatic heterocycles. The van der Waals surface area contributed by atoms with Crippen LogP contribution in [0, 0.1) is 0 Å². The molecule has 10 heteroatoms. The van der Waals surface area contributed by atoms with E-state index in [1.54, 1.807) is 56.4 Å². The second-order valence-corrected chi connectivity index (χ2v) is 10.7. The maximum Gasteiger partial charge on any atom is 0.323 e. The number of ether oxygens (including phenoxy) is 2. The Morgan fingerprint density at radius 3 is 1.79 bits per heavy atom. The second-order valence-electron chi connectivity index (χ2n) is 10.7. The van der Waals surface area contributed by atoms with Crippen molar-refractivity contribution < 1.29 is 28.7 Å². The lowest BCUT2D eigenvalue weighted by Crippen LogP contribution is -2.42. The molecule has 43 heavy (non-hydrogen) atoms. The standard InChI is InChI=1S/C33H44N4O6/c1-7-25(8-2)35-21(5)32(40)42-19-29(38)24-15-13-23(14-16-24)28-18-34-31(27-12-11-17-37(27)28)30(39)20-43-33(41)22(6)36-26(9-3)10-4/h11-18,21-22,25-26,35-36H,7-10,19-20H2,1-6H3. The topological polar surface area (TPSA) is 128 Å². The van der Waals surface area contributed by atoms with Crippen LogP contribution in [-0.4, -0.2) is 70.3 Å². The molecular weight excluding hydrogens is 548 g/mol. The van der Waals surface area contributed by atoms with E-state index in [1.807, 2.05) is 38.3 Å². The van der Waals surface area contributed by atoms with E-state index in [1.165, 1.54) is 0 Å². The fourth-order valence-electron chi connectivity index (χ4n) is 4.86. The summed E-state index contributed by atoms with van der Waals surface area (Å²) in [7, 11) is 0. The van der Waals surface area contributed by atoms with Gasteiger partial charge in [0.05, 0.1) is 17.4 Å². The summed E-state index contributed by atoms with van der Waals surface area (Å²) in [6, 6.07) is 9.86. The van der Waals surface area contributed by atoms with Crippen LogP contribution >= 0.6 is 0 Å². The molecule has 0 aliphatic heterocycles. The number of Topliss-reactive ketones (excluding diaryl/α,β-unsaturated/α-hetero) is 2. The van der Waals surface area contributed by atoms with Crippen molar-refractivity contribution in [3.63, 3.8) is 0 Å². The van der Waals surface area contributed by atoms with Gasteiger partial charge >= 0.3 is 11.9 Å². The normalized spacial score (nSPS) is 12.8. The highest BCUT2D eigenvalue weighted by atomic mass is 16.5. The Labute approximate surface area is 253 Å². The summed E-state index contributed by atoms with van der Waals surface area (Å²) < 4.78 is 12.4. The minimum Gasteiger partial charge on any atom is -0.456 e. The van der Waals surface area contributed by atoms with E-state index in [2.05, 4.69) is 15.6 Å². The molecule has 2 heterocycles. The van der Waals surface area contributed by atoms with E-state index >= 15 is 0 Å². The highest BCUT2D eigenvalue weighted by molar-refractivity contribution is 6.02. The molecule has 0 fully saturated rings. The molecule has 0 aliphatic carbocycles. The fourth-order valence-corrected chi connectivity index (χ4v) is 4.86. The van der Waals surface area contributed by atoms with Crippen LogP contribution in [-0.2, 0) is 19.1 Å². The Kier molecular flexibility index (Phi) is 12.6. The highest BCUT2D eigenvalue weighted by Crippen LogP contribution is 2.23. The highest BCUT2D eigenvalue weighted by Gasteiger charge is 2.22. The third-order valence-corrected chi connectivity index (χ3v) is 7.67. The maximum absolute atomic E-state index is 13.0. The molecule has 0 amide bonds. The average molecular weight is 593 g/mol. The van der Waals surface area contributed by atoms with Crippen molar-refractivity contribution in [2.75, 3.05) is 13.2 Å². The Morgan fingerprint density at radius 1 is 0.767 bits per heavy atom. The molecular formula is C33H44N4O6. The summed E-state index contributed by atoms with van der Waals surface area (Å²) >= 11 is 0. The van der Waals surface area contributed by atoms with Gasteiger partial charge in [-0.2, -0.15) is 0 Å². The van der Waals surface area contributed by atoms with Crippen molar-refractivity contribution in [3.05, 3.63) is 60.0 Å². The number of benzene rings is 1. The van der Waals surface area contributed by atoms with Crippen molar-refractivity contribution in [1.29, 1.82) is 0 Å². The number of hydrogen-bond donors (Lipinski definition) is 2.